The molecule has 40 heavy (non-hydrogen) atoms. The molecule has 0 saturated heterocycles. The van der Waals surface area contributed by atoms with Gasteiger partial charge in [0, 0.05) is 0 Å². The molecule has 5 atom stereocenters. The standard InChI is InChI=1S/C37H42O.ClH.Ir/c1-38-18-17-27-30-20-25-11-4-10-24-19-23-7-2-3-12-26(23)35(31(24)25)37(30)36-29-14-6-9-22-16-15-21-8-5-13-28(34(27)36)32(21)33(22)29;;/h17,20-24,26H,2-16,19H2,1H3;1H;/q;;+1/p-1/b27-17+;;/t21-,22+,23+,24+,26-;;/m1../s1. The van der Waals surface area contributed by atoms with E-state index >= 15 is 0 Å². The van der Waals surface area contributed by atoms with Crippen LogP contribution in [0.4, 0.5) is 0 Å². The van der Waals surface area contributed by atoms with Crippen LogP contribution in [-0.2, 0) is 40.2 Å². The Labute approximate surface area is 252 Å². The van der Waals surface area contributed by atoms with Crippen molar-refractivity contribution in [2.24, 2.45) is 5.92 Å². The number of fused-ring (bicyclic) bond motifs is 8. The van der Waals surface area contributed by atoms with Gasteiger partial charge >= 0.3 is 253 Å². The van der Waals surface area contributed by atoms with Gasteiger partial charge in [0.05, 0.1) is 0 Å². The Morgan fingerprint density at radius 3 is 2.20 bits per heavy atom. The van der Waals surface area contributed by atoms with Crippen molar-refractivity contribution < 1.29 is 21.0 Å². The van der Waals surface area contributed by atoms with Crippen LogP contribution in [0.2, 0.25) is 0 Å². The molecule has 0 spiro atoms. The normalized spacial score (nSPS) is 32.6. The quantitative estimate of drug-likeness (QED) is 0.255. The first-order valence-corrected chi connectivity index (χ1v) is 20.7. The average molecular weight is 730 g/mol. The molecule has 0 aromatic heterocycles. The third kappa shape index (κ3) is 3.49. The zero-order chi connectivity index (χ0) is 26.5. The molecule has 1 saturated carbocycles. The van der Waals surface area contributed by atoms with Crippen molar-refractivity contribution in [2.75, 3.05) is 7.11 Å². The summed E-state index contributed by atoms with van der Waals surface area (Å²) in [7, 11) is 8.46. The first kappa shape index (κ1) is 25.4. The van der Waals surface area contributed by atoms with Gasteiger partial charge in [0.15, 0.2) is 0 Å². The molecule has 0 radical (unpaired) electrons. The Kier molecular flexibility index (Phi) is 6.19. The maximum absolute atomic E-state index is 6.62. The molecule has 7 aliphatic carbocycles. The van der Waals surface area contributed by atoms with Crippen molar-refractivity contribution >= 4 is 19.4 Å². The summed E-state index contributed by atoms with van der Waals surface area (Å²) in [6, 6.07) is 2.70. The summed E-state index contributed by atoms with van der Waals surface area (Å²) in [5.74, 6) is 4.10. The van der Waals surface area contributed by atoms with Crippen molar-refractivity contribution in [1.29, 1.82) is 0 Å². The predicted molar refractivity (Wildman–Crippen MR) is 162 cm³/mol. The molecule has 0 N–H and O–H groups in total. The number of hydrogen-bond acceptors (Lipinski definition) is 1. The third-order valence-electron chi connectivity index (χ3n) is 12.5. The average Bonchev–Trinajstić information content (AvgIpc) is 3.32. The second-order valence-electron chi connectivity index (χ2n) is 14.2. The molecular formula is C37H42ClIrO. The third-order valence-corrected chi connectivity index (χ3v) is 14.8. The molecule has 7 aliphatic rings. The van der Waals surface area contributed by atoms with E-state index < -0.39 is 16.2 Å². The number of halogens is 1. The molecular weight excluding hydrogens is 688 g/mol. The predicted octanol–water partition coefficient (Wildman–Crippen LogP) is 9.84. The fourth-order valence-electron chi connectivity index (χ4n) is 11.2. The van der Waals surface area contributed by atoms with E-state index in [4.69, 9.17) is 14.3 Å². The van der Waals surface area contributed by atoms with E-state index in [1.54, 1.807) is 38.9 Å². The topological polar surface area (TPSA) is 9.23 Å². The minimum absolute atomic E-state index is 0.771. The summed E-state index contributed by atoms with van der Waals surface area (Å²) >= 11 is -0.771. The number of rotatable bonds is 2. The zero-order valence-corrected chi connectivity index (χ0v) is 27.1. The first-order valence-electron chi connectivity index (χ1n) is 16.5. The molecule has 0 bridgehead atoms. The van der Waals surface area contributed by atoms with Crippen LogP contribution in [-0.4, -0.2) is 11.3 Å². The van der Waals surface area contributed by atoms with Crippen LogP contribution >= 0.6 is 9.58 Å². The Hall–Kier alpha value is -1.05. The molecule has 3 heteroatoms. The van der Waals surface area contributed by atoms with Crippen LogP contribution in [0.15, 0.2) is 12.1 Å². The van der Waals surface area contributed by atoms with E-state index in [0.29, 0.717) is 0 Å². The SMILES string of the molecule is CO[C](/C=C1\c2cc3c4c(c2-c2c5c6c7c(c21)CCC[C@@H]7CC[C@@H]6CCC5)[C@@H]1CCCC[C@H]1C[C@@H]4CCC3)=[Ir][Cl]. The van der Waals surface area contributed by atoms with Gasteiger partial charge in [-0.1, -0.05) is 0 Å². The molecule has 2 aromatic rings. The van der Waals surface area contributed by atoms with Gasteiger partial charge in [-0.3, -0.25) is 0 Å². The summed E-state index contributed by atoms with van der Waals surface area (Å²) in [6.45, 7) is 0. The van der Waals surface area contributed by atoms with Gasteiger partial charge in [-0.2, -0.15) is 0 Å². The summed E-state index contributed by atoms with van der Waals surface area (Å²) in [5, 5.41) is 0. The Morgan fingerprint density at radius 1 is 0.750 bits per heavy atom. The second-order valence-corrected chi connectivity index (χ2v) is 16.8. The number of aryl methyl sites for hydroxylation is 1. The molecule has 0 heterocycles. The van der Waals surface area contributed by atoms with E-state index in [-0.39, 0.29) is 0 Å². The molecule has 1 nitrogen and oxygen atoms in total. The van der Waals surface area contributed by atoms with Gasteiger partial charge in [0.25, 0.3) is 0 Å². The monoisotopic (exact) mass is 730 g/mol. The molecule has 2 aromatic carbocycles. The Morgan fingerprint density at radius 2 is 1.45 bits per heavy atom. The van der Waals surface area contributed by atoms with Crippen molar-refractivity contribution in [3.63, 3.8) is 0 Å². The van der Waals surface area contributed by atoms with E-state index in [1.807, 2.05) is 29.4 Å². The van der Waals surface area contributed by atoms with Gasteiger partial charge in [-0.15, -0.1) is 0 Å². The fraction of sp³-hybridized carbons (Fsp3) is 0.595. The van der Waals surface area contributed by atoms with E-state index in [0.717, 1.165) is 33.8 Å². The van der Waals surface area contributed by atoms with Crippen molar-refractivity contribution in [2.45, 2.75) is 126 Å². The molecule has 1 fully saturated rings. The summed E-state index contributed by atoms with van der Waals surface area (Å²) in [6.07, 6.45) is 24.7. The number of ether oxygens (including phenoxy) is 1. The van der Waals surface area contributed by atoms with Gasteiger partial charge in [-0.25, -0.2) is 0 Å². The summed E-state index contributed by atoms with van der Waals surface area (Å²) < 4.78 is 6.99. The molecule has 9 rings (SSSR count). The van der Waals surface area contributed by atoms with E-state index in [9.17, 15) is 0 Å². The van der Waals surface area contributed by atoms with Crippen LogP contribution in [0, 0.1) is 5.92 Å². The number of hydrogen-bond donors (Lipinski definition) is 0. The zero-order valence-electron chi connectivity index (χ0n) is 24.0. The van der Waals surface area contributed by atoms with Gasteiger partial charge in [0.2, 0.25) is 0 Å². The molecule has 0 amide bonds. The minimum atomic E-state index is -0.771. The van der Waals surface area contributed by atoms with Crippen molar-refractivity contribution in [3.05, 3.63) is 62.2 Å². The molecule has 0 aliphatic heterocycles. The van der Waals surface area contributed by atoms with E-state index in [1.165, 1.54) is 108 Å². The van der Waals surface area contributed by atoms with Crippen LogP contribution in [0.25, 0.3) is 16.7 Å². The maximum atomic E-state index is 6.62. The van der Waals surface area contributed by atoms with Crippen LogP contribution < -0.4 is 0 Å². The fourth-order valence-corrected chi connectivity index (χ4v) is 12.6. The van der Waals surface area contributed by atoms with Crippen LogP contribution in [0.1, 0.15) is 157 Å². The van der Waals surface area contributed by atoms with E-state index in [2.05, 4.69) is 12.1 Å². The van der Waals surface area contributed by atoms with Crippen LogP contribution in [0.5, 0.6) is 0 Å². The first-order chi connectivity index (χ1) is 19.8. The van der Waals surface area contributed by atoms with Gasteiger partial charge in [0.1, 0.15) is 0 Å². The van der Waals surface area contributed by atoms with Gasteiger partial charge < -0.3 is 0 Å². The molecule has 0 unspecified atom stereocenters. The summed E-state index contributed by atoms with van der Waals surface area (Å²) in [5.41, 5.74) is 20.8. The van der Waals surface area contributed by atoms with Crippen molar-refractivity contribution in [1.82, 2.24) is 0 Å². The second kappa shape index (κ2) is 9.74. The number of benzene rings is 2. The molecule has 212 valence electrons. The van der Waals surface area contributed by atoms with Gasteiger partial charge in [-0.05, 0) is 0 Å². The Bertz CT molecular complexity index is 1500. The van der Waals surface area contributed by atoms with Crippen LogP contribution in [0.3, 0.4) is 0 Å². The van der Waals surface area contributed by atoms with Crippen molar-refractivity contribution in [3.8, 4) is 11.1 Å². The summed E-state index contributed by atoms with van der Waals surface area (Å²) in [4.78, 5) is 0. The Balaban J connectivity index is 1.43. The number of methoxy groups -OCH3 is 1.